The molecule has 1 aliphatic carbocycles. The first kappa shape index (κ1) is 12.8. The quantitative estimate of drug-likeness (QED) is 0.465. The SMILES string of the molecule is CC[N+]1(C)CCC2(CCCCC2)C1.[I-]. The lowest BCUT2D eigenvalue weighted by atomic mass is 9.73. The Labute approximate surface area is 106 Å². The second-order valence-corrected chi connectivity index (χ2v) is 5.63. The van der Waals surface area contributed by atoms with Gasteiger partial charge in [-0.25, -0.2) is 0 Å². The predicted octanol–water partition coefficient (Wildman–Crippen LogP) is -0.189. The topological polar surface area (TPSA) is 0 Å². The fourth-order valence-electron chi connectivity index (χ4n) is 3.45. The molecule has 2 rings (SSSR count). The van der Waals surface area contributed by atoms with E-state index in [0.29, 0.717) is 0 Å². The Morgan fingerprint density at radius 2 is 1.71 bits per heavy atom. The number of rotatable bonds is 1. The van der Waals surface area contributed by atoms with Crippen LogP contribution in [0.3, 0.4) is 0 Å². The van der Waals surface area contributed by atoms with E-state index in [-0.39, 0.29) is 24.0 Å². The minimum atomic E-state index is 0. The number of hydrogen-bond donors (Lipinski definition) is 0. The van der Waals surface area contributed by atoms with E-state index < -0.39 is 0 Å². The van der Waals surface area contributed by atoms with Crippen molar-refractivity contribution >= 4 is 0 Å². The van der Waals surface area contributed by atoms with Gasteiger partial charge in [-0.05, 0) is 19.8 Å². The van der Waals surface area contributed by atoms with Gasteiger partial charge >= 0.3 is 0 Å². The number of halogens is 1. The van der Waals surface area contributed by atoms with Crippen LogP contribution in [0.5, 0.6) is 0 Å². The molecule has 1 atom stereocenters. The predicted molar refractivity (Wildman–Crippen MR) is 56.6 cm³/mol. The molecule has 2 aliphatic rings. The summed E-state index contributed by atoms with van der Waals surface area (Å²) in [7, 11) is 2.45. The largest absolute Gasteiger partial charge is 1.00 e. The van der Waals surface area contributed by atoms with Gasteiger partial charge in [-0.2, -0.15) is 0 Å². The highest BCUT2D eigenvalue weighted by atomic mass is 127. The van der Waals surface area contributed by atoms with Crippen LogP contribution >= 0.6 is 0 Å². The fourth-order valence-corrected chi connectivity index (χ4v) is 3.45. The summed E-state index contributed by atoms with van der Waals surface area (Å²) in [5.74, 6) is 0. The van der Waals surface area contributed by atoms with Crippen LogP contribution in [-0.2, 0) is 0 Å². The molecule has 1 spiro atoms. The van der Waals surface area contributed by atoms with Crippen LogP contribution in [0.4, 0.5) is 0 Å². The van der Waals surface area contributed by atoms with Crippen LogP contribution in [0.1, 0.15) is 45.4 Å². The second kappa shape index (κ2) is 4.69. The highest BCUT2D eigenvalue weighted by Gasteiger charge is 2.45. The van der Waals surface area contributed by atoms with E-state index in [1.54, 1.807) is 0 Å². The van der Waals surface area contributed by atoms with E-state index in [1.165, 1.54) is 62.6 Å². The first-order valence-corrected chi connectivity index (χ1v) is 6.02. The minimum Gasteiger partial charge on any atom is -1.00 e. The Hall–Kier alpha value is 0.690. The third kappa shape index (κ3) is 2.43. The average Bonchev–Trinajstić information content (AvgIpc) is 2.47. The van der Waals surface area contributed by atoms with Gasteiger partial charge in [-0.1, -0.05) is 19.3 Å². The Morgan fingerprint density at radius 3 is 2.21 bits per heavy atom. The zero-order chi connectivity index (χ0) is 9.36. The summed E-state index contributed by atoms with van der Waals surface area (Å²) in [6, 6.07) is 0. The normalized spacial score (nSPS) is 35.6. The smallest absolute Gasteiger partial charge is 0.0843 e. The summed E-state index contributed by atoms with van der Waals surface area (Å²) in [5, 5.41) is 0. The van der Waals surface area contributed by atoms with Gasteiger partial charge in [-0.3, -0.25) is 0 Å². The lowest BCUT2D eigenvalue weighted by molar-refractivity contribution is -0.899. The molecule has 2 heteroatoms. The summed E-state index contributed by atoms with van der Waals surface area (Å²) in [6.07, 6.45) is 9.07. The third-order valence-electron chi connectivity index (χ3n) is 4.58. The zero-order valence-electron chi connectivity index (χ0n) is 9.69. The molecule has 84 valence electrons. The van der Waals surface area contributed by atoms with E-state index >= 15 is 0 Å². The van der Waals surface area contributed by atoms with Gasteiger partial charge in [-0.15, -0.1) is 0 Å². The maximum Gasteiger partial charge on any atom is 0.0843 e. The Bertz CT molecular complexity index is 187. The van der Waals surface area contributed by atoms with Crippen molar-refractivity contribution in [2.24, 2.45) is 5.41 Å². The van der Waals surface area contributed by atoms with Gasteiger partial charge in [0.25, 0.3) is 0 Å². The third-order valence-corrected chi connectivity index (χ3v) is 4.58. The summed E-state index contributed by atoms with van der Waals surface area (Å²) >= 11 is 0. The molecule has 1 unspecified atom stereocenters. The molecule has 1 heterocycles. The number of nitrogens with zero attached hydrogens (tertiary/aromatic N) is 1. The van der Waals surface area contributed by atoms with E-state index in [4.69, 9.17) is 0 Å². The van der Waals surface area contributed by atoms with Crippen LogP contribution < -0.4 is 24.0 Å². The van der Waals surface area contributed by atoms with Gasteiger partial charge < -0.3 is 28.5 Å². The molecular formula is C12H24IN. The van der Waals surface area contributed by atoms with Crippen molar-refractivity contribution < 1.29 is 28.5 Å². The van der Waals surface area contributed by atoms with Crippen molar-refractivity contribution in [2.45, 2.75) is 45.4 Å². The van der Waals surface area contributed by atoms with E-state index in [9.17, 15) is 0 Å². The molecule has 0 radical (unpaired) electrons. The molecule has 1 saturated heterocycles. The second-order valence-electron chi connectivity index (χ2n) is 5.63. The van der Waals surface area contributed by atoms with Gasteiger partial charge in [0.15, 0.2) is 0 Å². The van der Waals surface area contributed by atoms with Gasteiger partial charge in [0.1, 0.15) is 0 Å². The van der Waals surface area contributed by atoms with Crippen molar-refractivity contribution in [2.75, 3.05) is 26.7 Å². The summed E-state index contributed by atoms with van der Waals surface area (Å²) < 4.78 is 1.35. The monoisotopic (exact) mass is 309 g/mol. The highest BCUT2D eigenvalue weighted by Crippen LogP contribution is 2.45. The molecule has 1 aliphatic heterocycles. The lowest BCUT2D eigenvalue weighted by Gasteiger charge is -2.35. The fraction of sp³-hybridized carbons (Fsp3) is 1.00. The highest BCUT2D eigenvalue weighted by molar-refractivity contribution is 4.86. The average molecular weight is 309 g/mol. The number of likely N-dealkylation sites (tertiary alicyclic amines) is 1. The molecule has 0 aromatic heterocycles. The van der Waals surface area contributed by atoms with Crippen LogP contribution in [0.2, 0.25) is 0 Å². The van der Waals surface area contributed by atoms with Crippen molar-refractivity contribution in [3.63, 3.8) is 0 Å². The Balaban J connectivity index is 0.000000980. The minimum absolute atomic E-state index is 0. The Kier molecular flexibility index (Phi) is 4.27. The molecule has 0 amide bonds. The summed E-state index contributed by atoms with van der Waals surface area (Å²) in [4.78, 5) is 0. The molecule has 14 heavy (non-hydrogen) atoms. The van der Waals surface area contributed by atoms with Crippen LogP contribution in [-0.4, -0.2) is 31.2 Å². The van der Waals surface area contributed by atoms with Crippen LogP contribution in [0.15, 0.2) is 0 Å². The molecule has 0 aromatic carbocycles. The Morgan fingerprint density at radius 1 is 1.07 bits per heavy atom. The molecular weight excluding hydrogens is 285 g/mol. The van der Waals surface area contributed by atoms with Crippen molar-refractivity contribution in [3.8, 4) is 0 Å². The molecule has 2 fully saturated rings. The van der Waals surface area contributed by atoms with E-state index in [1.807, 2.05) is 0 Å². The van der Waals surface area contributed by atoms with Gasteiger partial charge in [0.2, 0.25) is 0 Å². The standard InChI is InChI=1S/C12H24N.HI/c1-3-13(2)10-9-12(11-13)7-5-4-6-8-12;/h3-11H2,1-2H3;1H/q+1;/p-1. The van der Waals surface area contributed by atoms with Crippen molar-refractivity contribution in [1.29, 1.82) is 0 Å². The number of hydrogen-bond acceptors (Lipinski definition) is 0. The van der Waals surface area contributed by atoms with Crippen LogP contribution in [0.25, 0.3) is 0 Å². The van der Waals surface area contributed by atoms with Gasteiger partial charge in [0, 0.05) is 11.8 Å². The molecule has 1 nitrogen and oxygen atoms in total. The van der Waals surface area contributed by atoms with Gasteiger partial charge in [0.05, 0.1) is 26.7 Å². The first-order chi connectivity index (χ1) is 6.18. The summed E-state index contributed by atoms with van der Waals surface area (Å²) in [6.45, 7) is 6.60. The number of quaternary nitrogens is 1. The molecule has 0 aromatic rings. The first-order valence-electron chi connectivity index (χ1n) is 6.02. The van der Waals surface area contributed by atoms with E-state index in [2.05, 4.69) is 14.0 Å². The lowest BCUT2D eigenvalue weighted by Crippen LogP contribution is -3.00. The van der Waals surface area contributed by atoms with Crippen molar-refractivity contribution in [1.82, 2.24) is 0 Å². The molecule has 0 N–H and O–H groups in total. The maximum absolute atomic E-state index is 2.45. The van der Waals surface area contributed by atoms with Crippen molar-refractivity contribution in [3.05, 3.63) is 0 Å². The molecule has 0 bridgehead atoms. The zero-order valence-corrected chi connectivity index (χ0v) is 11.8. The molecule has 1 saturated carbocycles. The summed E-state index contributed by atoms with van der Waals surface area (Å²) in [5.41, 5.74) is 0.781. The van der Waals surface area contributed by atoms with E-state index in [0.717, 1.165) is 5.41 Å². The maximum atomic E-state index is 2.45. The van der Waals surface area contributed by atoms with Crippen LogP contribution in [0, 0.1) is 5.41 Å².